The van der Waals surface area contributed by atoms with Crippen molar-refractivity contribution >= 4 is 21.9 Å². The number of amides is 1. The number of nitrogens with one attached hydrogen (secondary N) is 2. The molecule has 2 N–H and O–H groups in total. The maximum atomic E-state index is 12.3. The monoisotopic (exact) mass is 324 g/mol. The zero-order chi connectivity index (χ0) is 16.2. The summed E-state index contributed by atoms with van der Waals surface area (Å²) in [5.41, 5.74) is 0.295. The zero-order valence-corrected chi connectivity index (χ0v) is 13.0. The number of carbonyl (C=O) groups excluding carboxylic acids is 1. The minimum atomic E-state index is -3.53. The Labute approximate surface area is 127 Å². The molecule has 0 unspecified atom stereocenters. The Bertz CT molecular complexity index is 723. The van der Waals surface area contributed by atoms with Crippen LogP contribution in [0.2, 0.25) is 0 Å². The first-order valence-corrected chi connectivity index (χ1v) is 8.08. The predicted octanol–water partition coefficient (Wildman–Crippen LogP) is 0.482. The minimum Gasteiger partial charge on any atom is -0.288 e. The molecule has 0 spiro atoms. The first-order chi connectivity index (χ1) is 10.5. The van der Waals surface area contributed by atoms with Gasteiger partial charge in [0, 0.05) is 18.7 Å². The molecule has 1 heterocycles. The van der Waals surface area contributed by atoms with Gasteiger partial charge < -0.3 is 0 Å². The van der Waals surface area contributed by atoms with Crippen LogP contribution in [-0.4, -0.2) is 52.3 Å². The van der Waals surface area contributed by atoms with Gasteiger partial charge in [0.15, 0.2) is 0 Å². The molecule has 1 amide bonds. The number of benzene rings is 1. The van der Waals surface area contributed by atoms with Crippen molar-refractivity contribution in [3.8, 4) is 0 Å². The van der Waals surface area contributed by atoms with Crippen molar-refractivity contribution in [3.63, 3.8) is 0 Å². The van der Waals surface area contributed by atoms with Gasteiger partial charge in [0.1, 0.15) is 0 Å². The Kier molecular flexibility index (Phi) is 4.83. The molecule has 0 saturated heterocycles. The molecule has 2 rings (SSSR count). The van der Waals surface area contributed by atoms with Gasteiger partial charge in [0.05, 0.1) is 4.90 Å². The largest absolute Gasteiger partial charge is 0.288 e. The van der Waals surface area contributed by atoms with Crippen LogP contribution in [0.15, 0.2) is 29.2 Å². The number of hydrogen-bond acceptors (Lipinski definition) is 6. The number of sulfonamides is 1. The molecule has 10 heteroatoms. The highest BCUT2D eigenvalue weighted by Crippen LogP contribution is 2.16. The maximum Gasteiger partial charge on any atom is 0.270 e. The summed E-state index contributed by atoms with van der Waals surface area (Å²) < 4.78 is 26.0. The third kappa shape index (κ3) is 3.28. The lowest BCUT2D eigenvalue weighted by atomic mass is 10.2. The molecule has 0 saturated carbocycles. The molecule has 0 radical (unpaired) electrons. The molecule has 0 aliphatic carbocycles. The van der Waals surface area contributed by atoms with Crippen molar-refractivity contribution in [3.05, 3.63) is 29.8 Å². The number of aromatic nitrogens is 4. The van der Waals surface area contributed by atoms with Crippen molar-refractivity contribution in [1.29, 1.82) is 0 Å². The molecular weight excluding hydrogens is 308 g/mol. The second-order valence-electron chi connectivity index (χ2n) is 4.30. The van der Waals surface area contributed by atoms with E-state index in [0.29, 0.717) is 18.7 Å². The van der Waals surface area contributed by atoms with Gasteiger partial charge in [0.2, 0.25) is 10.0 Å². The minimum absolute atomic E-state index is 0.0461. The van der Waals surface area contributed by atoms with Gasteiger partial charge in [-0.3, -0.25) is 10.1 Å². The second kappa shape index (κ2) is 6.62. The zero-order valence-electron chi connectivity index (χ0n) is 12.1. The fourth-order valence-corrected chi connectivity index (χ4v) is 3.34. The molecule has 118 valence electrons. The highest BCUT2D eigenvalue weighted by Gasteiger charge is 2.21. The van der Waals surface area contributed by atoms with Crippen LogP contribution in [-0.2, 0) is 10.0 Å². The Morgan fingerprint density at radius 3 is 2.36 bits per heavy atom. The van der Waals surface area contributed by atoms with Crippen LogP contribution in [0.1, 0.15) is 24.2 Å². The van der Waals surface area contributed by atoms with E-state index in [9.17, 15) is 13.2 Å². The van der Waals surface area contributed by atoms with Crippen LogP contribution in [0.5, 0.6) is 0 Å². The Morgan fingerprint density at radius 2 is 1.86 bits per heavy atom. The number of H-pyrrole nitrogens is 1. The molecule has 2 aromatic rings. The molecule has 0 aliphatic heterocycles. The second-order valence-corrected chi connectivity index (χ2v) is 6.24. The quantitative estimate of drug-likeness (QED) is 0.797. The van der Waals surface area contributed by atoms with Gasteiger partial charge in [-0.15, -0.1) is 5.10 Å². The first kappa shape index (κ1) is 16.0. The number of nitrogens with zero attached hydrogens (tertiary/aromatic N) is 4. The highest BCUT2D eigenvalue weighted by molar-refractivity contribution is 7.89. The van der Waals surface area contributed by atoms with Crippen LogP contribution >= 0.6 is 0 Å². The Morgan fingerprint density at radius 1 is 1.23 bits per heavy atom. The molecule has 22 heavy (non-hydrogen) atoms. The smallest absolute Gasteiger partial charge is 0.270 e. The average Bonchev–Trinajstić information content (AvgIpc) is 3.01. The summed E-state index contributed by atoms with van der Waals surface area (Å²) in [6, 6.07) is 5.68. The van der Waals surface area contributed by atoms with Gasteiger partial charge in [-0.1, -0.05) is 18.9 Å². The summed E-state index contributed by atoms with van der Waals surface area (Å²) in [4.78, 5) is 12.1. The van der Waals surface area contributed by atoms with Crippen LogP contribution < -0.4 is 5.32 Å². The van der Waals surface area contributed by atoms with E-state index in [0.717, 1.165) is 0 Å². The Balaban J connectivity index is 2.18. The molecule has 1 aromatic heterocycles. The fourth-order valence-electron chi connectivity index (χ4n) is 1.88. The van der Waals surface area contributed by atoms with E-state index >= 15 is 0 Å². The summed E-state index contributed by atoms with van der Waals surface area (Å²) >= 11 is 0. The van der Waals surface area contributed by atoms with Crippen LogP contribution in [0.4, 0.5) is 5.95 Å². The molecular formula is C12H16N6O3S. The van der Waals surface area contributed by atoms with Gasteiger partial charge in [0.25, 0.3) is 11.9 Å². The third-order valence-corrected chi connectivity index (χ3v) is 5.09. The number of hydrogen-bond donors (Lipinski definition) is 2. The van der Waals surface area contributed by atoms with E-state index in [-0.39, 0.29) is 10.8 Å². The number of anilines is 1. The van der Waals surface area contributed by atoms with E-state index in [1.165, 1.54) is 28.6 Å². The number of carbonyl (C=O) groups is 1. The van der Waals surface area contributed by atoms with Gasteiger partial charge in [-0.05, 0) is 29.5 Å². The lowest BCUT2D eigenvalue weighted by Crippen LogP contribution is -2.30. The first-order valence-electron chi connectivity index (χ1n) is 6.64. The van der Waals surface area contributed by atoms with E-state index in [1.54, 1.807) is 13.8 Å². The summed E-state index contributed by atoms with van der Waals surface area (Å²) in [7, 11) is -3.53. The van der Waals surface area contributed by atoms with Gasteiger partial charge in [-0.25, -0.2) is 8.42 Å². The van der Waals surface area contributed by atoms with Crippen LogP contribution in [0.3, 0.4) is 0 Å². The normalized spacial score (nSPS) is 11.6. The Hall–Kier alpha value is -2.33. The molecule has 0 atom stereocenters. The van der Waals surface area contributed by atoms with Crippen molar-refractivity contribution < 1.29 is 13.2 Å². The molecule has 9 nitrogen and oxygen atoms in total. The van der Waals surface area contributed by atoms with E-state index in [4.69, 9.17) is 0 Å². The number of aromatic amines is 1. The van der Waals surface area contributed by atoms with Crippen LogP contribution in [0.25, 0.3) is 0 Å². The lowest BCUT2D eigenvalue weighted by Gasteiger charge is -2.18. The maximum absolute atomic E-state index is 12.3. The molecule has 0 fully saturated rings. The standard InChI is InChI=1S/C12H16N6O3S/c1-3-18(4-2)22(20,21)10-7-5-9(6-8-10)11(19)13-12-14-16-17-15-12/h5-8H,3-4H2,1-2H3,(H2,13,14,15,16,17,19). The highest BCUT2D eigenvalue weighted by atomic mass is 32.2. The van der Waals surface area contributed by atoms with Crippen LogP contribution in [0, 0.1) is 0 Å². The lowest BCUT2D eigenvalue weighted by molar-refractivity contribution is 0.102. The number of tetrazole rings is 1. The number of rotatable bonds is 6. The van der Waals surface area contributed by atoms with Crippen molar-refractivity contribution in [2.75, 3.05) is 18.4 Å². The van der Waals surface area contributed by atoms with Crippen molar-refractivity contribution in [2.45, 2.75) is 18.7 Å². The third-order valence-electron chi connectivity index (χ3n) is 3.03. The van der Waals surface area contributed by atoms with E-state index in [2.05, 4.69) is 25.9 Å². The van der Waals surface area contributed by atoms with Gasteiger partial charge in [-0.2, -0.15) is 9.52 Å². The molecule has 0 bridgehead atoms. The van der Waals surface area contributed by atoms with Crippen molar-refractivity contribution in [2.24, 2.45) is 0 Å². The van der Waals surface area contributed by atoms with Crippen molar-refractivity contribution in [1.82, 2.24) is 24.9 Å². The van der Waals surface area contributed by atoms with E-state index < -0.39 is 15.9 Å². The SMILES string of the molecule is CCN(CC)S(=O)(=O)c1ccc(C(=O)Nc2nn[nH]n2)cc1. The predicted molar refractivity (Wildman–Crippen MR) is 78.7 cm³/mol. The summed E-state index contributed by atoms with van der Waals surface area (Å²) in [5, 5.41) is 15.2. The molecule has 1 aromatic carbocycles. The average molecular weight is 324 g/mol. The summed E-state index contributed by atoms with van der Waals surface area (Å²) in [6.07, 6.45) is 0. The summed E-state index contributed by atoms with van der Waals surface area (Å²) in [6.45, 7) is 4.32. The van der Waals surface area contributed by atoms with E-state index in [1.807, 2.05) is 0 Å². The van der Waals surface area contributed by atoms with Gasteiger partial charge >= 0.3 is 0 Å². The molecule has 0 aliphatic rings. The summed E-state index contributed by atoms with van der Waals surface area (Å²) in [5.74, 6) is -0.405. The topological polar surface area (TPSA) is 121 Å². The fraction of sp³-hybridized carbons (Fsp3) is 0.333.